The van der Waals surface area contributed by atoms with Crippen LogP contribution in [-0.4, -0.2) is 47.1 Å². The Labute approximate surface area is 84.5 Å². The highest BCUT2D eigenvalue weighted by molar-refractivity contribution is 7.98. The Morgan fingerprint density at radius 3 is 2.46 bits per heavy atom. The highest BCUT2D eigenvalue weighted by atomic mass is 32.2. The van der Waals surface area contributed by atoms with Crippen molar-refractivity contribution in [2.24, 2.45) is 0 Å². The highest BCUT2D eigenvalue weighted by Crippen LogP contribution is 2.09. The summed E-state index contributed by atoms with van der Waals surface area (Å²) in [7, 11) is 1.86. The number of likely N-dealkylation sites (N-methyl/N-ethyl adjacent to an activating group) is 1. The van der Waals surface area contributed by atoms with Gasteiger partial charge < -0.3 is 5.11 Å². The zero-order valence-electron chi connectivity index (χ0n) is 8.78. The van der Waals surface area contributed by atoms with Crippen molar-refractivity contribution in [1.82, 2.24) is 4.90 Å². The summed E-state index contributed by atoms with van der Waals surface area (Å²) in [6, 6.07) is -0.0598. The molecule has 0 spiro atoms. The number of carboxylic acids is 1. The third-order valence-electron chi connectivity index (χ3n) is 2.40. The second kappa shape index (κ2) is 6.27. The van der Waals surface area contributed by atoms with Crippen LogP contribution in [0.25, 0.3) is 0 Å². The zero-order chi connectivity index (χ0) is 10.4. The summed E-state index contributed by atoms with van der Waals surface area (Å²) in [6.07, 6.45) is 3.10. The summed E-state index contributed by atoms with van der Waals surface area (Å²) >= 11 is 1.79. The van der Waals surface area contributed by atoms with Gasteiger partial charge >= 0.3 is 5.97 Å². The van der Waals surface area contributed by atoms with Gasteiger partial charge in [0, 0.05) is 6.04 Å². The third kappa shape index (κ3) is 4.52. The van der Waals surface area contributed by atoms with E-state index in [4.69, 9.17) is 5.11 Å². The van der Waals surface area contributed by atoms with E-state index in [1.165, 1.54) is 0 Å². The van der Waals surface area contributed by atoms with Gasteiger partial charge in [0.1, 0.15) is 6.04 Å². The number of aliphatic carboxylic acids is 1. The van der Waals surface area contributed by atoms with E-state index in [2.05, 4.69) is 13.2 Å². The lowest BCUT2D eigenvalue weighted by molar-refractivity contribution is -0.142. The predicted octanol–water partition coefficient (Wildman–Crippen LogP) is 1.53. The quantitative estimate of drug-likeness (QED) is 0.714. The highest BCUT2D eigenvalue weighted by Gasteiger charge is 2.20. The minimum absolute atomic E-state index is 0.332. The molecule has 0 heterocycles. The minimum atomic E-state index is -0.751. The van der Waals surface area contributed by atoms with Crippen molar-refractivity contribution < 1.29 is 9.90 Å². The van der Waals surface area contributed by atoms with Crippen LogP contribution in [0.2, 0.25) is 0 Å². The molecule has 0 aromatic heterocycles. The Kier molecular flexibility index (Phi) is 6.16. The van der Waals surface area contributed by atoms with Gasteiger partial charge in [0.2, 0.25) is 0 Å². The first-order chi connectivity index (χ1) is 6.00. The fraction of sp³-hybridized carbons (Fsp3) is 0.889. The molecule has 0 aliphatic heterocycles. The maximum atomic E-state index is 10.7. The van der Waals surface area contributed by atoms with Crippen molar-refractivity contribution in [3.05, 3.63) is 0 Å². The fourth-order valence-corrected chi connectivity index (χ4v) is 1.62. The number of rotatable bonds is 6. The van der Waals surface area contributed by atoms with Crippen LogP contribution in [0, 0.1) is 0 Å². The molecule has 0 aliphatic carbocycles. The van der Waals surface area contributed by atoms with E-state index in [0.29, 0.717) is 6.04 Å². The molecule has 78 valence electrons. The van der Waals surface area contributed by atoms with Gasteiger partial charge in [0.15, 0.2) is 0 Å². The molecule has 13 heavy (non-hydrogen) atoms. The Bertz CT molecular complexity index is 164. The number of hydrogen-bond acceptors (Lipinski definition) is 3. The van der Waals surface area contributed by atoms with Crippen LogP contribution in [0.1, 0.15) is 20.3 Å². The Balaban J connectivity index is 3.93. The summed E-state index contributed by atoms with van der Waals surface area (Å²) < 4.78 is 0. The lowest BCUT2D eigenvalue weighted by atomic mass is 10.2. The lowest BCUT2D eigenvalue weighted by Gasteiger charge is -2.27. The van der Waals surface area contributed by atoms with Crippen LogP contribution in [0.3, 0.4) is 0 Å². The summed E-state index contributed by atoms with van der Waals surface area (Å²) in [6.45, 7) is 3.79. The van der Waals surface area contributed by atoms with E-state index in [-0.39, 0.29) is 0 Å². The SMILES string of the molecule is CSCCC(C)N(C)C(C)C(=O)O. The molecule has 0 aliphatic rings. The minimum Gasteiger partial charge on any atom is -0.480 e. The molecule has 0 fully saturated rings. The van der Waals surface area contributed by atoms with Crippen molar-refractivity contribution in [3.8, 4) is 0 Å². The monoisotopic (exact) mass is 205 g/mol. The largest absolute Gasteiger partial charge is 0.480 e. The maximum absolute atomic E-state index is 10.7. The van der Waals surface area contributed by atoms with E-state index < -0.39 is 12.0 Å². The fourth-order valence-electron chi connectivity index (χ4n) is 1.05. The van der Waals surface area contributed by atoms with E-state index in [1.807, 2.05) is 11.9 Å². The van der Waals surface area contributed by atoms with Gasteiger partial charge in [-0.15, -0.1) is 0 Å². The average molecular weight is 205 g/mol. The molecule has 0 saturated carbocycles. The molecule has 0 amide bonds. The summed E-state index contributed by atoms with van der Waals surface area (Å²) in [5, 5.41) is 8.78. The molecule has 0 radical (unpaired) electrons. The Morgan fingerprint density at radius 1 is 1.54 bits per heavy atom. The molecule has 2 unspecified atom stereocenters. The molecule has 0 aromatic carbocycles. The Morgan fingerprint density at radius 2 is 2.08 bits per heavy atom. The summed E-state index contributed by atoms with van der Waals surface area (Å²) in [5.41, 5.74) is 0. The van der Waals surface area contributed by atoms with Gasteiger partial charge in [-0.2, -0.15) is 11.8 Å². The average Bonchev–Trinajstić information content (AvgIpc) is 2.11. The Hall–Kier alpha value is -0.220. The number of hydrogen-bond donors (Lipinski definition) is 1. The molecule has 0 rings (SSSR count). The summed E-state index contributed by atoms with van der Waals surface area (Å²) in [5.74, 6) is 0.330. The van der Waals surface area contributed by atoms with E-state index >= 15 is 0 Å². The normalized spacial score (nSPS) is 15.8. The van der Waals surface area contributed by atoms with Crippen LogP contribution < -0.4 is 0 Å². The van der Waals surface area contributed by atoms with Crippen molar-refractivity contribution in [2.75, 3.05) is 19.1 Å². The first-order valence-electron chi connectivity index (χ1n) is 4.44. The van der Waals surface area contributed by atoms with Crippen LogP contribution in [-0.2, 0) is 4.79 Å². The van der Waals surface area contributed by atoms with Crippen molar-refractivity contribution in [1.29, 1.82) is 0 Å². The standard InChI is InChI=1S/C9H19NO2S/c1-7(5-6-13-4)10(3)8(2)9(11)12/h7-8H,5-6H2,1-4H3,(H,11,12). The van der Waals surface area contributed by atoms with E-state index in [9.17, 15) is 4.79 Å². The molecule has 0 saturated heterocycles. The molecular weight excluding hydrogens is 186 g/mol. The van der Waals surface area contributed by atoms with Crippen molar-refractivity contribution in [2.45, 2.75) is 32.4 Å². The van der Waals surface area contributed by atoms with Crippen molar-refractivity contribution >= 4 is 17.7 Å². The van der Waals surface area contributed by atoms with Gasteiger partial charge in [-0.25, -0.2) is 0 Å². The second-order valence-corrected chi connectivity index (χ2v) is 4.30. The van der Waals surface area contributed by atoms with E-state index in [0.717, 1.165) is 12.2 Å². The van der Waals surface area contributed by atoms with Crippen LogP contribution in [0.4, 0.5) is 0 Å². The zero-order valence-corrected chi connectivity index (χ0v) is 9.60. The van der Waals surface area contributed by atoms with Crippen LogP contribution >= 0.6 is 11.8 Å². The molecule has 2 atom stereocenters. The van der Waals surface area contributed by atoms with Gasteiger partial charge in [-0.05, 0) is 39.3 Å². The molecule has 1 N–H and O–H groups in total. The molecule has 3 nitrogen and oxygen atoms in total. The van der Waals surface area contributed by atoms with Gasteiger partial charge in [-0.3, -0.25) is 9.69 Å². The summed E-state index contributed by atoms with van der Waals surface area (Å²) in [4.78, 5) is 12.6. The molecular formula is C9H19NO2S. The first kappa shape index (κ1) is 12.8. The van der Waals surface area contributed by atoms with Crippen LogP contribution in [0.15, 0.2) is 0 Å². The smallest absolute Gasteiger partial charge is 0.320 e. The number of carboxylic acid groups (broad SMARTS) is 1. The van der Waals surface area contributed by atoms with Gasteiger partial charge in [0.05, 0.1) is 0 Å². The first-order valence-corrected chi connectivity index (χ1v) is 5.83. The number of carbonyl (C=O) groups is 1. The molecule has 0 aromatic rings. The number of thioether (sulfide) groups is 1. The topological polar surface area (TPSA) is 40.5 Å². The van der Waals surface area contributed by atoms with Crippen LogP contribution in [0.5, 0.6) is 0 Å². The molecule has 0 bridgehead atoms. The maximum Gasteiger partial charge on any atom is 0.320 e. The lowest BCUT2D eigenvalue weighted by Crippen LogP contribution is -2.41. The van der Waals surface area contributed by atoms with Gasteiger partial charge in [-0.1, -0.05) is 0 Å². The predicted molar refractivity (Wildman–Crippen MR) is 57.3 cm³/mol. The second-order valence-electron chi connectivity index (χ2n) is 3.31. The van der Waals surface area contributed by atoms with Gasteiger partial charge in [0.25, 0.3) is 0 Å². The van der Waals surface area contributed by atoms with E-state index in [1.54, 1.807) is 18.7 Å². The number of nitrogens with zero attached hydrogens (tertiary/aromatic N) is 1. The van der Waals surface area contributed by atoms with Crippen molar-refractivity contribution in [3.63, 3.8) is 0 Å². The molecule has 4 heteroatoms. The third-order valence-corrected chi connectivity index (χ3v) is 3.05.